The molecule has 20 heavy (non-hydrogen) atoms. The van der Waals surface area contributed by atoms with Gasteiger partial charge in [-0.25, -0.2) is 0 Å². The minimum atomic E-state index is -0.0454. The molecule has 0 bridgehead atoms. The van der Waals surface area contributed by atoms with Crippen LogP contribution in [0.5, 0.6) is 5.75 Å². The zero-order chi connectivity index (χ0) is 15.3. The van der Waals surface area contributed by atoms with E-state index in [1.165, 1.54) is 16.7 Å². The minimum absolute atomic E-state index is 0.0454. The van der Waals surface area contributed by atoms with Crippen molar-refractivity contribution < 1.29 is 4.74 Å². The Kier molecular flexibility index (Phi) is 3.48. The molecule has 0 fully saturated rings. The minimum Gasteiger partial charge on any atom is -0.487 e. The van der Waals surface area contributed by atoms with Crippen molar-refractivity contribution in [1.29, 1.82) is 0 Å². The van der Waals surface area contributed by atoms with Gasteiger partial charge in [0.2, 0.25) is 0 Å². The van der Waals surface area contributed by atoms with Crippen molar-refractivity contribution in [3.63, 3.8) is 0 Å². The van der Waals surface area contributed by atoms with E-state index in [2.05, 4.69) is 67.5 Å². The van der Waals surface area contributed by atoms with Crippen LogP contribution in [0.1, 0.15) is 78.5 Å². The summed E-state index contributed by atoms with van der Waals surface area (Å²) in [4.78, 5) is 0. The predicted octanol–water partition coefficient (Wildman–Crippen LogP) is 5.39. The second-order valence-corrected chi connectivity index (χ2v) is 8.87. The Balaban J connectivity index is 2.64. The second-order valence-electron chi connectivity index (χ2n) is 8.87. The van der Waals surface area contributed by atoms with Gasteiger partial charge in [0, 0.05) is 5.56 Å². The van der Waals surface area contributed by atoms with Crippen LogP contribution in [0.2, 0.25) is 0 Å². The lowest BCUT2D eigenvalue weighted by molar-refractivity contribution is 0.0819. The lowest BCUT2D eigenvalue weighted by Crippen LogP contribution is -2.34. The molecular weight excluding hydrogens is 244 g/mol. The monoisotopic (exact) mass is 274 g/mol. The highest BCUT2D eigenvalue weighted by Crippen LogP contribution is 2.43. The lowest BCUT2D eigenvalue weighted by Gasteiger charge is -2.37. The van der Waals surface area contributed by atoms with Crippen LogP contribution in [0.25, 0.3) is 0 Å². The number of hydrogen-bond donors (Lipinski definition) is 0. The molecule has 0 aliphatic carbocycles. The molecule has 0 amide bonds. The number of fused-ring (bicyclic) bond motifs is 1. The van der Waals surface area contributed by atoms with Crippen LogP contribution in [0.3, 0.4) is 0 Å². The van der Waals surface area contributed by atoms with Crippen LogP contribution in [0, 0.1) is 0 Å². The Morgan fingerprint density at radius 2 is 1.55 bits per heavy atom. The Labute approximate surface area is 124 Å². The van der Waals surface area contributed by atoms with Crippen molar-refractivity contribution in [2.45, 2.75) is 84.7 Å². The van der Waals surface area contributed by atoms with Crippen LogP contribution >= 0.6 is 0 Å². The Bertz CT molecular complexity index is 510. The van der Waals surface area contributed by atoms with Gasteiger partial charge in [0.15, 0.2) is 0 Å². The first-order valence-corrected chi connectivity index (χ1v) is 7.77. The van der Waals surface area contributed by atoms with E-state index in [1.54, 1.807) is 0 Å². The Morgan fingerprint density at radius 3 is 2.05 bits per heavy atom. The van der Waals surface area contributed by atoms with Gasteiger partial charge in [-0.1, -0.05) is 53.7 Å². The van der Waals surface area contributed by atoms with Gasteiger partial charge in [0.1, 0.15) is 11.4 Å². The normalized spacial score (nSPS) is 18.4. The van der Waals surface area contributed by atoms with Crippen molar-refractivity contribution in [2.75, 3.05) is 0 Å². The Morgan fingerprint density at radius 1 is 0.950 bits per heavy atom. The smallest absolute Gasteiger partial charge is 0.127 e. The zero-order valence-electron chi connectivity index (χ0n) is 14.5. The standard InChI is InChI=1S/C19H30O/c1-17(2,3)14-11-13-9-10-19(7,8)20-16(13)15(12-14)18(4,5)6/h11-12H,9-10H2,1-8H3. The van der Waals surface area contributed by atoms with E-state index in [-0.39, 0.29) is 16.4 Å². The summed E-state index contributed by atoms with van der Waals surface area (Å²) in [6.45, 7) is 18.1. The zero-order valence-corrected chi connectivity index (χ0v) is 14.5. The summed E-state index contributed by atoms with van der Waals surface area (Å²) >= 11 is 0. The van der Waals surface area contributed by atoms with Crippen molar-refractivity contribution in [3.05, 3.63) is 28.8 Å². The average molecular weight is 274 g/mol. The molecule has 1 aromatic rings. The summed E-state index contributed by atoms with van der Waals surface area (Å²) in [5, 5.41) is 0. The van der Waals surface area contributed by atoms with Crippen LogP contribution in [0.4, 0.5) is 0 Å². The number of rotatable bonds is 0. The molecule has 0 spiro atoms. The van der Waals surface area contributed by atoms with Crippen molar-refractivity contribution in [3.8, 4) is 5.75 Å². The molecule has 0 saturated carbocycles. The van der Waals surface area contributed by atoms with Gasteiger partial charge in [-0.15, -0.1) is 0 Å². The van der Waals surface area contributed by atoms with Crippen LogP contribution in [-0.4, -0.2) is 5.60 Å². The third-order valence-electron chi connectivity index (χ3n) is 4.21. The lowest BCUT2D eigenvalue weighted by atomic mass is 9.77. The van der Waals surface area contributed by atoms with Crippen LogP contribution in [-0.2, 0) is 17.3 Å². The number of hydrogen-bond acceptors (Lipinski definition) is 1. The van der Waals surface area contributed by atoms with Gasteiger partial charge in [-0.05, 0) is 48.6 Å². The van der Waals surface area contributed by atoms with Crippen LogP contribution in [0.15, 0.2) is 12.1 Å². The van der Waals surface area contributed by atoms with E-state index >= 15 is 0 Å². The van der Waals surface area contributed by atoms with Gasteiger partial charge >= 0.3 is 0 Å². The number of ether oxygens (including phenoxy) is 1. The maximum absolute atomic E-state index is 6.34. The Hall–Kier alpha value is -0.980. The van der Waals surface area contributed by atoms with Crippen molar-refractivity contribution >= 4 is 0 Å². The molecule has 1 aliphatic rings. The summed E-state index contributed by atoms with van der Waals surface area (Å²) in [5.41, 5.74) is 4.41. The summed E-state index contributed by atoms with van der Waals surface area (Å²) in [5.74, 6) is 1.14. The number of aryl methyl sites for hydroxylation is 1. The van der Waals surface area contributed by atoms with Crippen molar-refractivity contribution in [1.82, 2.24) is 0 Å². The third-order valence-corrected chi connectivity index (χ3v) is 4.21. The first-order chi connectivity index (χ1) is 8.90. The topological polar surface area (TPSA) is 9.23 Å². The summed E-state index contributed by atoms with van der Waals surface area (Å²) in [6, 6.07) is 4.72. The first kappa shape index (κ1) is 15.4. The van der Waals surface area contributed by atoms with E-state index < -0.39 is 0 Å². The molecule has 1 heteroatoms. The number of benzene rings is 1. The van der Waals surface area contributed by atoms with Gasteiger partial charge in [-0.3, -0.25) is 0 Å². The molecule has 0 N–H and O–H groups in total. The van der Waals surface area contributed by atoms with E-state index in [0.29, 0.717) is 0 Å². The van der Waals surface area contributed by atoms with E-state index in [4.69, 9.17) is 4.74 Å². The average Bonchev–Trinajstić information content (AvgIpc) is 2.23. The van der Waals surface area contributed by atoms with Gasteiger partial charge in [-0.2, -0.15) is 0 Å². The molecule has 0 atom stereocenters. The molecule has 1 aromatic carbocycles. The molecule has 0 saturated heterocycles. The quantitative estimate of drug-likeness (QED) is 0.616. The first-order valence-electron chi connectivity index (χ1n) is 7.77. The molecule has 1 heterocycles. The SMILES string of the molecule is CC1(C)CCc2cc(C(C)(C)C)cc(C(C)(C)C)c2O1. The summed E-state index contributed by atoms with van der Waals surface area (Å²) in [7, 11) is 0. The largest absolute Gasteiger partial charge is 0.487 e. The van der Waals surface area contributed by atoms with E-state index in [1.807, 2.05) is 0 Å². The fourth-order valence-corrected chi connectivity index (χ4v) is 2.75. The van der Waals surface area contributed by atoms with Crippen LogP contribution < -0.4 is 4.74 Å². The second kappa shape index (κ2) is 4.51. The molecule has 112 valence electrons. The van der Waals surface area contributed by atoms with E-state index in [9.17, 15) is 0 Å². The molecular formula is C19H30O. The molecule has 0 aromatic heterocycles. The molecule has 1 aliphatic heterocycles. The van der Waals surface area contributed by atoms with Gasteiger partial charge in [0.05, 0.1) is 0 Å². The molecule has 0 unspecified atom stereocenters. The highest BCUT2D eigenvalue weighted by atomic mass is 16.5. The summed E-state index contributed by atoms with van der Waals surface area (Å²) < 4.78 is 6.34. The fourth-order valence-electron chi connectivity index (χ4n) is 2.75. The van der Waals surface area contributed by atoms with Gasteiger partial charge in [0.25, 0.3) is 0 Å². The predicted molar refractivity (Wildman–Crippen MR) is 86.9 cm³/mol. The fraction of sp³-hybridized carbons (Fsp3) is 0.684. The highest BCUT2D eigenvalue weighted by Gasteiger charge is 2.33. The maximum Gasteiger partial charge on any atom is 0.127 e. The summed E-state index contributed by atoms with van der Waals surface area (Å²) in [6.07, 6.45) is 2.21. The molecule has 0 radical (unpaired) electrons. The third kappa shape index (κ3) is 3.02. The van der Waals surface area contributed by atoms with E-state index in [0.717, 1.165) is 18.6 Å². The maximum atomic E-state index is 6.34. The van der Waals surface area contributed by atoms with Gasteiger partial charge < -0.3 is 4.74 Å². The molecule has 1 nitrogen and oxygen atoms in total. The van der Waals surface area contributed by atoms with Crippen molar-refractivity contribution in [2.24, 2.45) is 0 Å². The highest BCUT2D eigenvalue weighted by molar-refractivity contribution is 5.51. The molecule has 2 rings (SSSR count).